The van der Waals surface area contributed by atoms with Crippen molar-refractivity contribution in [3.63, 3.8) is 0 Å². The Balaban J connectivity index is 1.94. The molecule has 6 heteroatoms. The van der Waals surface area contributed by atoms with Crippen LogP contribution in [0, 0.1) is 0 Å². The molecule has 0 atom stereocenters. The molecule has 0 unspecified atom stereocenters. The molecule has 1 N–H and O–H groups in total. The van der Waals surface area contributed by atoms with Gasteiger partial charge in [0.2, 0.25) is 0 Å². The molecule has 0 amide bonds. The van der Waals surface area contributed by atoms with E-state index in [0.717, 1.165) is 28.4 Å². The van der Waals surface area contributed by atoms with Crippen molar-refractivity contribution in [2.24, 2.45) is 4.99 Å². The molecule has 1 aromatic heterocycles. The van der Waals surface area contributed by atoms with Gasteiger partial charge in [-0.15, -0.1) is 0 Å². The first-order valence-corrected chi connectivity index (χ1v) is 8.29. The average Bonchev–Trinajstić information content (AvgIpc) is 2.92. The molecule has 1 aliphatic heterocycles. The van der Waals surface area contributed by atoms with E-state index in [4.69, 9.17) is 4.74 Å². The van der Waals surface area contributed by atoms with Gasteiger partial charge in [0.15, 0.2) is 0 Å². The lowest BCUT2D eigenvalue weighted by Crippen LogP contribution is -2.27. The van der Waals surface area contributed by atoms with Crippen molar-refractivity contribution in [2.45, 2.75) is 26.0 Å². The van der Waals surface area contributed by atoms with E-state index in [1.807, 2.05) is 33.9 Å². The Bertz CT molecular complexity index is 802. The van der Waals surface area contributed by atoms with E-state index in [0.29, 0.717) is 19.7 Å². The number of ether oxygens (including phenoxy) is 1. The highest BCUT2D eigenvalue weighted by molar-refractivity contribution is 6.02. The van der Waals surface area contributed by atoms with Gasteiger partial charge in [0.1, 0.15) is 18.2 Å². The Morgan fingerprint density at radius 3 is 2.92 bits per heavy atom. The Morgan fingerprint density at radius 2 is 2.24 bits per heavy atom. The summed E-state index contributed by atoms with van der Waals surface area (Å²) in [4.78, 5) is 10.8. The number of hydrogen-bond acceptors (Lipinski definition) is 4. The van der Waals surface area contributed by atoms with Gasteiger partial charge in [-0.2, -0.15) is 0 Å². The largest absolute Gasteiger partial charge is 0.491 e. The van der Waals surface area contributed by atoms with E-state index in [1.165, 1.54) is 0 Å². The second-order valence-electron chi connectivity index (χ2n) is 6.73. The number of fused-ring (bicyclic) bond motifs is 1. The number of nitrogens with zero attached hydrogens (tertiary/aromatic N) is 4. The predicted octanol–water partition coefficient (Wildman–Crippen LogP) is 2.54. The number of benzene rings is 1. The van der Waals surface area contributed by atoms with Gasteiger partial charge in [0.25, 0.3) is 0 Å². The Labute approximate surface area is 148 Å². The zero-order valence-corrected chi connectivity index (χ0v) is 14.9. The minimum absolute atomic E-state index is 0.488. The van der Waals surface area contributed by atoms with E-state index < -0.39 is 5.60 Å². The molecule has 0 bridgehead atoms. The molecule has 0 saturated heterocycles. The fourth-order valence-electron chi connectivity index (χ4n) is 2.97. The smallest absolute Gasteiger partial charge is 0.138 e. The number of aromatic nitrogens is 2. The maximum absolute atomic E-state index is 9.95. The van der Waals surface area contributed by atoms with E-state index in [-0.39, 0.29) is 0 Å². The molecule has 3 rings (SSSR count). The molecule has 2 heterocycles. The van der Waals surface area contributed by atoms with Crippen molar-refractivity contribution < 1.29 is 9.84 Å². The van der Waals surface area contributed by atoms with Gasteiger partial charge in [-0.1, -0.05) is 12.6 Å². The minimum Gasteiger partial charge on any atom is -0.491 e. The summed E-state index contributed by atoms with van der Waals surface area (Å²) in [6.45, 7) is 9.17. The fourth-order valence-corrected chi connectivity index (χ4v) is 2.97. The average molecular weight is 340 g/mol. The molecule has 1 aromatic carbocycles. The minimum atomic E-state index is -0.782. The summed E-state index contributed by atoms with van der Waals surface area (Å²) >= 11 is 0. The van der Waals surface area contributed by atoms with E-state index in [2.05, 4.69) is 16.6 Å². The van der Waals surface area contributed by atoms with Crippen LogP contribution in [0.4, 0.5) is 0 Å². The summed E-state index contributed by atoms with van der Waals surface area (Å²) in [6, 6.07) is 6.00. The van der Waals surface area contributed by atoms with Crippen molar-refractivity contribution in [3.8, 4) is 17.0 Å². The lowest BCUT2D eigenvalue weighted by molar-refractivity contribution is 0.0615. The number of hydrogen-bond donors (Lipinski definition) is 1. The summed E-state index contributed by atoms with van der Waals surface area (Å²) in [6.07, 6.45) is 5.44. The second-order valence-corrected chi connectivity index (χ2v) is 6.73. The first-order valence-electron chi connectivity index (χ1n) is 8.29. The third-order valence-electron chi connectivity index (χ3n) is 4.02. The van der Waals surface area contributed by atoms with Gasteiger partial charge >= 0.3 is 0 Å². The lowest BCUT2D eigenvalue weighted by atomic mass is 10.1. The standard InChI is InChI=1S/C19H24N4O2/c1-5-23-8-9-25-17-10-14(6-7-15(17)18(23)20-4)16-11-22(13-21-16)12-19(2,3)24/h5-7,10-11,13,24H,1,8-9,12H2,2-4H3. The van der Waals surface area contributed by atoms with Crippen molar-refractivity contribution in [3.05, 3.63) is 49.1 Å². The van der Waals surface area contributed by atoms with Crippen molar-refractivity contribution in [2.75, 3.05) is 20.2 Å². The van der Waals surface area contributed by atoms with Crippen molar-refractivity contribution >= 4 is 5.84 Å². The van der Waals surface area contributed by atoms with Crippen LogP contribution in [-0.2, 0) is 6.54 Å². The van der Waals surface area contributed by atoms with Gasteiger partial charge in [-0.25, -0.2) is 4.98 Å². The molecule has 25 heavy (non-hydrogen) atoms. The maximum Gasteiger partial charge on any atom is 0.138 e. The molecule has 6 nitrogen and oxygen atoms in total. The van der Waals surface area contributed by atoms with Gasteiger partial charge in [0.05, 0.1) is 36.3 Å². The Morgan fingerprint density at radius 1 is 1.44 bits per heavy atom. The number of amidine groups is 1. The highest BCUT2D eigenvalue weighted by Gasteiger charge is 2.21. The maximum atomic E-state index is 9.95. The normalized spacial score (nSPS) is 16.3. The van der Waals surface area contributed by atoms with Gasteiger partial charge in [-0.05, 0) is 32.2 Å². The van der Waals surface area contributed by atoms with Crippen LogP contribution < -0.4 is 4.74 Å². The lowest BCUT2D eigenvalue weighted by Gasteiger charge is -2.18. The first kappa shape index (κ1) is 17.2. The quantitative estimate of drug-likeness (QED) is 0.929. The number of rotatable bonds is 4. The Hall–Kier alpha value is -2.60. The zero-order chi connectivity index (χ0) is 18.0. The first-order chi connectivity index (χ1) is 11.9. The van der Waals surface area contributed by atoms with Crippen LogP contribution in [0.3, 0.4) is 0 Å². The van der Waals surface area contributed by atoms with Crippen LogP contribution in [0.1, 0.15) is 19.4 Å². The number of aliphatic imine (C=N–C) groups is 1. The van der Waals surface area contributed by atoms with Crippen LogP contribution >= 0.6 is 0 Å². The highest BCUT2D eigenvalue weighted by atomic mass is 16.5. The van der Waals surface area contributed by atoms with Crippen LogP contribution in [0.15, 0.2) is 48.5 Å². The monoisotopic (exact) mass is 340 g/mol. The summed E-state index contributed by atoms with van der Waals surface area (Å²) < 4.78 is 7.81. The molecular formula is C19H24N4O2. The molecule has 0 aliphatic carbocycles. The van der Waals surface area contributed by atoms with Gasteiger partial charge < -0.3 is 19.3 Å². The van der Waals surface area contributed by atoms with Crippen LogP contribution in [-0.4, -0.2) is 51.2 Å². The predicted molar refractivity (Wildman–Crippen MR) is 98.8 cm³/mol. The fraction of sp³-hybridized carbons (Fsp3) is 0.368. The van der Waals surface area contributed by atoms with Crippen LogP contribution in [0.2, 0.25) is 0 Å². The summed E-state index contributed by atoms with van der Waals surface area (Å²) in [5, 5.41) is 9.95. The summed E-state index contributed by atoms with van der Waals surface area (Å²) in [7, 11) is 1.77. The van der Waals surface area contributed by atoms with Gasteiger partial charge in [0, 0.05) is 18.8 Å². The Kier molecular flexibility index (Phi) is 4.63. The van der Waals surface area contributed by atoms with Crippen LogP contribution in [0.25, 0.3) is 11.3 Å². The SMILES string of the molecule is C=CN1CCOc2cc(-c3cn(CC(C)(C)O)cn3)ccc2C1=NC. The van der Waals surface area contributed by atoms with Gasteiger partial charge in [-0.3, -0.25) is 4.99 Å². The molecule has 0 saturated carbocycles. The summed E-state index contributed by atoms with van der Waals surface area (Å²) in [5.41, 5.74) is 1.97. The molecule has 2 aromatic rings. The zero-order valence-electron chi connectivity index (χ0n) is 14.9. The molecular weight excluding hydrogens is 316 g/mol. The summed E-state index contributed by atoms with van der Waals surface area (Å²) in [5.74, 6) is 1.64. The van der Waals surface area contributed by atoms with Crippen LogP contribution in [0.5, 0.6) is 5.75 Å². The van der Waals surface area contributed by atoms with E-state index in [1.54, 1.807) is 33.4 Å². The number of imidazole rings is 1. The molecule has 0 radical (unpaired) electrons. The molecule has 0 spiro atoms. The van der Waals surface area contributed by atoms with E-state index in [9.17, 15) is 5.11 Å². The molecule has 0 fully saturated rings. The second kappa shape index (κ2) is 6.72. The number of aliphatic hydroxyl groups is 1. The topological polar surface area (TPSA) is 62.9 Å². The van der Waals surface area contributed by atoms with Crippen molar-refractivity contribution in [1.29, 1.82) is 0 Å². The highest BCUT2D eigenvalue weighted by Crippen LogP contribution is 2.29. The van der Waals surface area contributed by atoms with Crippen molar-refractivity contribution in [1.82, 2.24) is 14.5 Å². The third kappa shape index (κ3) is 3.74. The molecule has 132 valence electrons. The molecule has 1 aliphatic rings. The third-order valence-corrected chi connectivity index (χ3v) is 4.02. The van der Waals surface area contributed by atoms with E-state index >= 15 is 0 Å².